The van der Waals surface area contributed by atoms with Crippen LogP contribution in [0.15, 0.2) is 24.3 Å². The van der Waals surface area contributed by atoms with Crippen LogP contribution in [0.3, 0.4) is 0 Å². The first-order valence-electron chi connectivity index (χ1n) is 12.8. The van der Waals surface area contributed by atoms with Crippen molar-refractivity contribution < 1.29 is 23.9 Å². The minimum Gasteiger partial charge on any atom is -0.368 e. The standard InChI is InChI=1S/C26H30N4O5S/c31-21(24-29-16-4-1-2-6-20(16)36-24)17(12-15-7-10-27-22(15)32)28-23(33)18-13-26(8-9-26)14-30(18)25(34)19-5-3-11-35-19/h1-2,4,6,15,17-19H,3,5,7-14H2,(H,27,32)(H,28,33)/t15-,17-,18-,19+/m0/s1. The zero-order chi connectivity index (χ0) is 24.9. The topological polar surface area (TPSA) is 118 Å². The van der Waals surface area contributed by atoms with E-state index in [9.17, 15) is 19.2 Å². The predicted octanol–water partition coefficient (Wildman–Crippen LogP) is 2.05. The van der Waals surface area contributed by atoms with Crippen LogP contribution < -0.4 is 10.6 Å². The molecule has 9 nitrogen and oxygen atoms in total. The highest BCUT2D eigenvalue weighted by atomic mass is 32.1. The molecule has 0 bridgehead atoms. The summed E-state index contributed by atoms with van der Waals surface area (Å²) in [7, 11) is 0. The Morgan fingerprint density at radius 2 is 2.08 bits per heavy atom. The Morgan fingerprint density at radius 3 is 2.78 bits per heavy atom. The SMILES string of the molecule is O=C1NCC[C@H]1C[C@H](NC(=O)[C@@H]1CC2(CC2)CN1C(=O)[C@H]1CCCO1)C(=O)c1nc2ccccc2s1. The number of ether oxygens (including phenoxy) is 1. The van der Waals surface area contributed by atoms with E-state index in [1.807, 2.05) is 24.3 Å². The number of amides is 3. The molecule has 4 atom stereocenters. The van der Waals surface area contributed by atoms with Crippen LogP contribution in [0, 0.1) is 11.3 Å². The summed E-state index contributed by atoms with van der Waals surface area (Å²) in [6, 6.07) is 6.00. The summed E-state index contributed by atoms with van der Waals surface area (Å²) in [5.41, 5.74) is 0.739. The number of carbonyl (C=O) groups is 4. The number of likely N-dealkylation sites (tertiary alicyclic amines) is 1. The van der Waals surface area contributed by atoms with Gasteiger partial charge in [0.05, 0.1) is 16.3 Å². The summed E-state index contributed by atoms with van der Waals surface area (Å²) in [6.45, 7) is 1.69. The molecule has 4 fully saturated rings. The second-order valence-electron chi connectivity index (χ2n) is 10.6. The lowest BCUT2D eigenvalue weighted by Crippen LogP contribution is -2.53. The van der Waals surface area contributed by atoms with Crippen molar-refractivity contribution in [3.8, 4) is 0 Å². The number of para-hydroxylation sites is 1. The molecule has 190 valence electrons. The Balaban J connectivity index is 1.24. The first-order chi connectivity index (χ1) is 17.4. The molecule has 0 radical (unpaired) electrons. The van der Waals surface area contributed by atoms with E-state index in [0.29, 0.717) is 44.0 Å². The van der Waals surface area contributed by atoms with E-state index >= 15 is 0 Å². The number of benzene rings is 1. The molecular weight excluding hydrogens is 480 g/mol. The Kier molecular flexibility index (Phi) is 6.03. The lowest BCUT2D eigenvalue weighted by Gasteiger charge is -2.28. The zero-order valence-electron chi connectivity index (χ0n) is 20.0. The van der Waals surface area contributed by atoms with E-state index in [-0.39, 0.29) is 41.3 Å². The molecule has 1 aromatic heterocycles. The molecule has 36 heavy (non-hydrogen) atoms. The number of thiazole rings is 1. The summed E-state index contributed by atoms with van der Waals surface area (Å²) in [5, 5.41) is 6.08. The van der Waals surface area contributed by atoms with E-state index in [1.54, 1.807) is 4.90 Å². The maximum absolute atomic E-state index is 13.6. The first-order valence-corrected chi connectivity index (χ1v) is 13.6. The predicted molar refractivity (Wildman–Crippen MR) is 132 cm³/mol. The number of nitrogens with one attached hydrogen (secondary N) is 2. The van der Waals surface area contributed by atoms with Crippen molar-refractivity contribution >= 4 is 45.1 Å². The Hall–Kier alpha value is -2.85. The van der Waals surface area contributed by atoms with Gasteiger partial charge in [-0.25, -0.2) is 4.98 Å². The number of ketones is 1. The first kappa shape index (κ1) is 23.5. The molecule has 10 heteroatoms. The van der Waals surface area contributed by atoms with Gasteiger partial charge in [0.1, 0.15) is 12.1 Å². The fraction of sp³-hybridized carbons (Fsp3) is 0.577. The second-order valence-corrected chi connectivity index (χ2v) is 11.6. The van der Waals surface area contributed by atoms with Crippen LogP contribution in [0.5, 0.6) is 0 Å². The van der Waals surface area contributed by atoms with E-state index < -0.39 is 18.2 Å². The summed E-state index contributed by atoms with van der Waals surface area (Å²) >= 11 is 1.29. The molecule has 2 N–H and O–H groups in total. The summed E-state index contributed by atoms with van der Waals surface area (Å²) in [6.07, 6.45) is 4.46. The molecule has 1 aliphatic carbocycles. The average Bonchev–Trinajstić information content (AvgIpc) is 3.36. The van der Waals surface area contributed by atoms with Crippen molar-refractivity contribution in [3.05, 3.63) is 29.3 Å². The van der Waals surface area contributed by atoms with Gasteiger partial charge in [0.15, 0.2) is 5.01 Å². The summed E-state index contributed by atoms with van der Waals surface area (Å²) in [4.78, 5) is 59.0. The third kappa shape index (κ3) is 4.41. The van der Waals surface area contributed by atoms with Gasteiger partial charge in [-0.3, -0.25) is 19.2 Å². The van der Waals surface area contributed by atoms with E-state index in [1.165, 1.54) is 11.3 Å². The van der Waals surface area contributed by atoms with Crippen LogP contribution >= 0.6 is 11.3 Å². The lowest BCUT2D eigenvalue weighted by atomic mass is 9.95. The maximum atomic E-state index is 13.6. The van der Waals surface area contributed by atoms with Crippen molar-refractivity contribution in [2.45, 2.75) is 63.1 Å². The van der Waals surface area contributed by atoms with Gasteiger partial charge in [-0.05, 0) is 62.5 Å². The van der Waals surface area contributed by atoms with Crippen LogP contribution in [0.25, 0.3) is 10.2 Å². The van der Waals surface area contributed by atoms with E-state index in [0.717, 1.165) is 29.5 Å². The van der Waals surface area contributed by atoms with Crippen molar-refractivity contribution in [2.75, 3.05) is 19.7 Å². The maximum Gasteiger partial charge on any atom is 0.252 e. The lowest BCUT2D eigenvalue weighted by molar-refractivity contribution is -0.146. The van der Waals surface area contributed by atoms with Crippen LogP contribution in [0.2, 0.25) is 0 Å². The number of fused-ring (bicyclic) bond motifs is 1. The summed E-state index contributed by atoms with van der Waals surface area (Å²) in [5.74, 6) is -1.19. The van der Waals surface area contributed by atoms with Gasteiger partial charge in [-0.2, -0.15) is 0 Å². The van der Waals surface area contributed by atoms with Gasteiger partial charge in [0, 0.05) is 25.6 Å². The van der Waals surface area contributed by atoms with Gasteiger partial charge in [0.2, 0.25) is 17.6 Å². The van der Waals surface area contributed by atoms with Gasteiger partial charge in [-0.1, -0.05) is 12.1 Å². The van der Waals surface area contributed by atoms with Gasteiger partial charge < -0.3 is 20.3 Å². The molecule has 3 amide bonds. The quantitative estimate of drug-likeness (QED) is 0.551. The Labute approximate surface area is 213 Å². The largest absolute Gasteiger partial charge is 0.368 e. The summed E-state index contributed by atoms with van der Waals surface area (Å²) < 4.78 is 6.51. The number of carbonyl (C=O) groups excluding carboxylic acids is 4. The molecule has 1 spiro atoms. The minimum atomic E-state index is -0.887. The van der Waals surface area contributed by atoms with E-state index in [4.69, 9.17) is 4.74 Å². The highest BCUT2D eigenvalue weighted by molar-refractivity contribution is 7.20. The van der Waals surface area contributed by atoms with Crippen molar-refractivity contribution in [2.24, 2.45) is 11.3 Å². The fourth-order valence-corrected chi connectivity index (χ4v) is 6.76. The van der Waals surface area contributed by atoms with E-state index in [2.05, 4.69) is 15.6 Å². The number of rotatable bonds is 7. The number of nitrogens with zero attached hydrogens (tertiary/aromatic N) is 2. The van der Waals surface area contributed by atoms with Crippen LogP contribution in [0.1, 0.15) is 54.7 Å². The molecule has 1 aromatic carbocycles. The molecule has 4 heterocycles. The normalized spacial score (nSPS) is 27.4. The zero-order valence-corrected chi connectivity index (χ0v) is 20.9. The molecule has 6 rings (SSSR count). The number of hydrogen-bond acceptors (Lipinski definition) is 7. The number of hydrogen-bond donors (Lipinski definition) is 2. The van der Waals surface area contributed by atoms with Gasteiger partial charge in [-0.15, -0.1) is 11.3 Å². The van der Waals surface area contributed by atoms with Crippen LogP contribution in [0.4, 0.5) is 0 Å². The minimum absolute atomic E-state index is 0.00808. The van der Waals surface area contributed by atoms with Crippen LogP contribution in [-0.2, 0) is 19.1 Å². The molecular formula is C26H30N4O5S. The average molecular weight is 511 g/mol. The number of Topliss-reactive ketones (excluding diaryl/α,β-unsaturated/α-hetero) is 1. The monoisotopic (exact) mass is 510 g/mol. The number of aromatic nitrogens is 1. The Bertz CT molecular complexity index is 1180. The molecule has 0 unspecified atom stereocenters. The smallest absolute Gasteiger partial charge is 0.252 e. The molecule has 3 aliphatic heterocycles. The highest BCUT2D eigenvalue weighted by Gasteiger charge is 2.56. The van der Waals surface area contributed by atoms with Crippen molar-refractivity contribution in [1.29, 1.82) is 0 Å². The third-order valence-electron chi connectivity index (χ3n) is 8.08. The third-order valence-corrected chi connectivity index (χ3v) is 9.13. The van der Waals surface area contributed by atoms with Crippen molar-refractivity contribution in [1.82, 2.24) is 20.5 Å². The molecule has 3 saturated heterocycles. The van der Waals surface area contributed by atoms with Crippen LogP contribution in [-0.4, -0.2) is 71.3 Å². The molecule has 1 saturated carbocycles. The fourth-order valence-electron chi connectivity index (χ4n) is 5.80. The molecule has 2 aromatic rings. The van der Waals surface area contributed by atoms with Gasteiger partial charge in [0.25, 0.3) is 5.91 Å². The molecule has 4 aliphatic rings. The van der Waals surface area contributed by atoms with Gasteiger partial charge >= 0.3 is 0 Å². The Morgan fingerprint density at radius 1 is 1.25 bits per heavy atom. The second kappa shape index (κ2) is 9.23. The van der Waals surface area contributed by atoms with Crippen molar-refractivity contribution in [3.63, 3.8) is 0 Å². The highest BCUT2D eigenvalue weighted by Crippen LogP contribution is 2.55.